The van der Waals surface area contributed by atoms with Crippen LogP contribution in [0.15, 0.2) is 66.7 Å². The number of methoxy groups -OCH3 is 1. The number of halogens is 1. The zero-order chi connectivity index (χ0) is 25.0. The molecule has 6 nitrogen and oxygen atoms in total. The van der Waals surface area contributed by atoms with Crippen LogP contribution in [0.4, 0.5) is 5.69 Å². The molecule has 2 N–H and O–H groups in total. The van der Waals surface area contributed by atoms with E-state index in [0.29, 0.717) is 24.5 Å². The number of aromatic carboxylic acids is 1. The Bertz CT molecular complexity index is 1130. The molecule has 7 heteroatoms. The number of carbonyl (C=O) groups excluding carboxylic acids is 1. The summed E-state index contributed by atoms with van der Waals surface area (Å²) in [5, 5.41) is 12.0. The van der Waals surface area contributed by atoms with Crippen molar-refractivity contribution in [1.82, 2.24) is 0 Å². The zero-order valence-corrected chi connectivity index (χ0v) is 20.5. The van der Waals surface area contributed by atoms with Crippen LogP contribution in [0.2, 0.25) is 5.02 Å². The van der Waals surface area contributed by atoms with Crippen molar-refractivity contribution < 1.29 is 24.2 Å². The molecule has 0 aliphatic rings. The van der Waals surface area contributed by atoms with E-state index in [0.717, 1.165) is 37.0 Å². The molecule has 0 aromatic heterocycles. The number of anilines is 1. The number of rotatable bonds is 13. The SMILES string of the molecule is COc1cc(OCCCCCc2ccccc2)ccc1CCC(=O)Nc1ccc(Cl)c(C(=O)O)c1. The summed E-state index contributed by atoms with van der Waals surface area (Å²) in [5.41, 5.74) is 2.58. The molecule has 0 saturated carbocycles. The summed E-state index contributed by atoms with van der Waals surface area (Å²) in [6, 6.07) is 20.5. The fourth-order valence-corrected chi connectivity index (χ4v) is 3.90. The van der Waals surface area contributed by atoms with Gasteiger partial charge in [-0.25, -0.2) is 4.79 Å². The lowest BCUT2D eigenvalue weighted by Gasteiger charge is -2.12. The molecule has 184 valence electrons. The van der Waals surface area contributed by atoms with Crippen molar-refractivity contribution in [2.24, 2.45) is 0 Å². The summed E-state index contributed by atoms with van der Waals surface area (Å²) in [7, 11) is 1.59. The molecular weight excluding hydrogens is 466 g/mol. The van der Waals surface area contributed by atoms with Crippen LogP contribution < -0.4 is 14.8 Å². The normalized spacial score (nSPS) is 10.6. The van der Waals surface area contributed by atoms with Gasteiger partial charge in [0.05, 0.1) is 24.3 Å². The summed E-state index contributed by atoms with van der Waals surface area (Å²) in [6.45, 7) is 0.638. The van der Waals surface area contributed by atoms with Crippen LogP contribution in [-0.2, 0) is 17.6 Å². The third-order valence-corrected chi connectivity index (χ3v) is 5.91. The second-order valence-corrected chi connectivity index (χ2v) is 8.57. The average molecular weight is 496 g/mol. The summed E-state index contributed by atoms with van der Waals surface area (Å²) >= 11 is 5.87. The van der Waals surface area contributed by atoms with E-state index < -0.39 is 5.97 Å². The Balaban J connectivity index is 1.43. The fraction of sp³-hybridized carbons (Fsp3) is 0.286. The monoisotopic (exact) mass is 495 g/mol. The number of aryl methyl sites for hydroxylation is 2. The van der Waals surface area contributed by atoms with Gasteiger partial charge in [0, 0.05) is 18.2 Å². The fourth-order valence-electron chi connectivity index (χ4n) is 3.70. The molecule has 3 rings (SSSR count). The lowest BCUT2D eigenvalue weighted by molar-refractivity contribution is -0.116. The Labute approximate surface area is 210 Å². The molecule has 0 spiro atoms. The Hall–Kier alpha value is -3.51. The van der Waals surface area contributed by atoms with Gasteiger partial charge >= 0.3 is 5.97 Å². The minimum absolute atomic E-state index is 0.0575. The molecule has 3 aromatic rings. The number of amides is 1. The Morgan fingerprint density at radius 3 is 2.49 bits per heavy atom. The van der Waals surface area contributed by atoms with Crippen LogP contribution in [-0.4, -0.2) is 30.7 Å². The van der Waals surface area contributed by atoms with Crippen molar-refractivity contribution in [3.8, 4) is 11.5 Å². The van der Waals surface area contributed by atoms with Gasteiger partial charge in [-0.15, -0.1) is 0 Å². The van der Waals surface area contributed by atoms with Crippen molar-refractivity contribution in [2.45, 2.75) is 38.5 Å². The van der Waals surface area contributed by atoms with E-state index in [-0.39, 0.29) is 22.9 Å². The third kappa shape index (κ3) is 8.34. The molecule has 35 heavy (non-hydrogen) atoms. The molecule has 3 aromatic carbocycles. The number of hydrogen-bond donors (Lipinski definition) is 2. The van der Waals surface area contributed by atoms with E-state index in [1.54, 1.807) is 13.2 Å². The third-order valence-electron chi connectivity index (χ3n) is 5.58. The summed E-state index contributed by atoms with van der Waals surface area (Å²) in [6.07, 6.45) is 4.96. The standard InChI is InChI=1S/C28H30ClNO5/c1-34-26-19-23(35-17-7-3-6-10-20-8-4-2-5-9-20)14-11-21(26)12-16-27(31)30-22-13-15-25(29)24(18-22)28(32)33/h2,4-5,8-9,11,13-15,18-19H,3,6-7,10,12,16-17H2,1H3,(H,30,31)(H,32,33). The van der Waals surface area contributed by atoms with Crippen molar-refractivity contribution in [3.63, 3.8) is 0 Å². The lowest BCUT2D eigenvalue weighted by atomic mass is 10.1. The quantitative estimate of drug-likeness (QED) is 0.268. The molecular formula is C28H30ClNO5. The number of benzene rings is 3. The average Bonchev–Trinajstić information content (AvgIpc) is 2.86. The van der Waals surface area contributed by atoms with Gasteiger partial charge in [-0.2, -0.15) is 0 Å². The number of unbranched alkanes of at least 4 members (excludes halogenated alkanes) is 2. The van der Waals surface area contributed by atoms with Gasteiger partial charge in [-0.1, -0.05) is 48.0 Å². The van der Waals surface area contributed by atoms with Crippen LogP contribution in [0, 0.1) is 0 Å². The van der Waals surface area contributed by atoms with Crippen molar-refractivity contribution >= 4 is 29.2 Å². The van der Waals surface area contributed by atoms with Crippen LogP contribution in [0.3, 0.4) is 0 Å². The van der Waals surface area contributed by atoms with Crippen LogP contribution in [0.5, 0.6) is 11.5 Å². The maximum absolute atomic E-state index is 12.4. The maximum atomic E-state index is 12.4. The van der Waals surface area contributed by atoms with E-state index in [2.05, 4.69) is 29.6 Å². The molecule has 0 unspecified atom stereocenters. The summed E-state index contributed by atoms with van der Waals surface area (Å²) < 4.78 is 11.4. The van der Waals surface area contributed by atoms with Crippen LogP contribution in [0.25, 0.3) is 0 Å². The molecule has 0 saturated heterocycles. The van der Waals surface area contributed by atoms with Crippen molar-refractivity contribution in [3.05, 3.63) is 88.4 Å². The first kappa shape index (κ1) is 26.1. The van der Waals surface area contributed by atoms with E-state index in [1.807, 2.05) is 24.3 Å². The number of hydrogen-bond acceptors (Lipinski definition) is 4. The summed E-state index contributed by atoms with van der Waals surface area (Å²) in [5.74, 6) is 0.0198. The minimum atomic E-state index is -1.15. The Morgan fingerprint density at radius 2 is 1.74 bits per heavy atom. The highest BCUT2D eigenvalue weighted by molar-refractivity contribution is 6.33. The van der Waals surface area contributed by atoms with Gasteiger partial charge in [-0.3, -0.25) is 4.79 Å². The van der Waals surface area contributed by atoms with Gasteiger partial charge in [0.25, 0.3) is 0 Å². The first-order valence-corrected chi connectivity index (χ1v) is 12.0. The van der Waals surface area contributed by atoms with Gasteiger partial charge in [0.2, 0.25) is 5.91 Å². The molecule has 0 aliphatic carbocycles. The lowest BCUT2D eigenvalue weighted by Crippen LogP contribution is -2.13. The first-order valence-electron chi connectivity index (χ1n) is 11.6. The molecule has 0 radical (unpaired) electrons. The number of carboxylic acid groups (broad SMARTS) is 1. The van der Waals surface area contributed by atoms with Crippen molar-refractivity contribution in [1.29, 1.82) is 0 Å². The first-order chi connectivity index (χ1) is 17.0. The molecule has 0 fully saturated rings. The molecule has 0 aliphatic heterocycles. The summed E-state index contributed by atoms with van der Waals surface area (Å²) in [4.78, 5) is 23.6. The van der Waals surface area contributed by atoms with Gasteiger partial charge in [-0.05, 0) is 67.5 Å². The van der Waals surface area contributed by atoms with E-state index in [9.17, 15) is 14.7 Å². The molecule has 0 atom stereocenters. The minimum Gasteiger partial charge on any atom is -0.496 e. The topological polar surface area (TPSA) is 84.9 Å². The smallest absolute Gasteiger partial charge is 0.337 e. The predicted octanol–water partition coefficient (Wildman–Crippen LogP) is 6.41. The number of nitrogens with one attached hydrogen (secondary N) is 1. The molecule has 0 heterocycles. The number of ether oxygens (including phenoxy) is 2. The highest BCUT2D eigenvalue weighted by atomic mass is 35.5. The second-order valence-electron chi connectivity index (χ2n) is 8.17. The second kappa shape index (κ2) is 13.4. The van der Waals surface area contributed by atoms with Crippen LogP contribution in [0.1, 0.15) is 47.2 Å². The maximum Gasteiger partial charge on any atom is 0.337 e. The number of carboxylic acids is 1. The Kier molecular flexibility index (Phi) is 9.99. The van der Waals surface area contributed by atoms with E-state index in [4.69, 9.17) is 21.1 Å². The largest absolute Gasteiger partial charge is 0.496 e. The molecule has 0 bridgehead atoms. The van der Waals surface area contributed by atoms with Gasteiger partial charge in [0.1, 0.15) is 11.5 Å². The van der Waals surface area contributed by atoms with E-state index >= 15 is 0 Å². The predicted molar refractivity (Wildman–Crippen MR) is 138 cm³/mol. The highest BCUT2D eigenvalue weighted by Crippen LogP contribution is 2.26. The van der Waals surface area contributed by atoms with E-state index in [1.165, 1.54) is 17.7 Å². The highest BCUT2D eigenvalue weighted by Gasteiger charge is 2.12. The zero-order valence-electron chi connectivity index (χ0n) is 19.8. The van der Waals surface area contributed by atoms with Crippen LogP contribution >= 0.6 is 11.6 Å². The van der Waals surface area contributed by atoms with Crippen molar-refractivity contribution in [2.75, 3.05) is 19.0 Å². The van der Waals surface area contributed by atoms with Gasteiger partial charge in [0.15, 0.2) is 0 Å². The Morgan fingerprint density at radius 1 is 0.943 bits per heavy atom. The number of carbonyl (C=O) groups is 2. The van der Waals surface area contributed by atoms with Gasteiger partial charge < -0.3 is 19.9 Å². The molecule has 1 amide bonds.